The summed E-state index contributed by atoms with van der Waals surface area (Å²) in [5, 5.41) is 12.7. The Labute approximate surface area is 97.3 Å². The number of aromatic amines is 1. The normalized spacial score (nSPS) is 16.7. The van der Waals surface area contributed by atoms with Crippen LogP contribution in [-0.2, 0) is 0 Å². The van der Waals surface area contributed by atoms with Gasteiger partial charge in [0.1, 0.15) is 6.04 Å². The summed E-state index contributed by atoms with van der Waals surface area (Å²) in [5.74, 6) is 0.597. The molecule has 1 aromatic rings. The quantitative estimate of drug-likeness (QED) is 0.575. The monoisotopic (exact) mass is 236 g/mol. The maximum atomic E-state index is 11.0. The lowest BCUT2D eigenvalue weighted by Gasteiger charge is -2.08. The summed E-state index contributed by atoms with van der Waals surface area (Å²) in [6.45, 7) is 0. The molecule has 1 saturated carbocycles. The van der Waals surface area contributed by atoms with E-state index in [4.69, 9.17) is 5.26 Å². The third-order valence-electron chi connectivity index (χ3n) is 2.20. The minimum absolute atomic E-state index is 0.166. The number of rotatable bonds is 5. The summed E-state index contributed by atoms with van der Waals surface area (Å²) in [4.78, 5) is 17.6. The van der Waals surface area contributed by atoms with E-state index in [-0.39, 0.29) is 11.6 Å². The summed E-state index contributed by atoms with van der Waals surface area (Å²) in [6.07, 6.45) is 3.78. The van der Waals surface area contributed by atoms with Gasteiger partial charge in [0.05, 0.1) is 6.07 Å². The van der Waals surface area contributed by atoms with E-state index >= 15 is 0 Å². The van der Waals surface area contributed by atoms with E-state index in [1.54, 1.807) is 0 Å². The number of thioether (sulfide) groups is 1. The van der Waals surface area contributed by atoms with Crippen LogP contribution in [0.4, 0.5) is 0 Å². The first-order valence-electron chi connectivity index (χ1n) is 5.12. The average molecular weight is 236 g/mol. The lowest BCUT2D eigenvalue weighted by Crippen LogP contribution is -2.31. The number of nitrogens with one attached hydrogen (secondary N) is 2. The van der Waals surface area contributed by atoms with Gasteiger partial charge in [-0.3, -0.25) is 10.1 Å². The largest absolute Gasteiger partial charge is 0.301 e. The molecule has 0 radical (unpaired) electrons. The maximum absolute atomic E-state index is 11.0. The third kappa shape index (κ3) is 3.36. The third-order valence-corrected chi connectivity index (χ3v) is 3.19. The molecule has 84 valence electrons. The highest BCUT2D eigenvalue weighted by molar-refractivity contribution is 7.99. The van der Waals surface area contributed by atoms with Crippen molar-refractivity contribution in [3.05, 3.63) is 22.6 Å². The zero-order valence-corrected chi connectivity index (χ0v) is 9.46. The highest BCUT2D eigenvalue weighted by Crippen LogP contribution is 2.20. The Morgan fingerprint density at radius 3 is 3.19 bits per heavy atom. The molecule has 0 bridgehead atoms. The predicted octanol–water partition coefficient (Wildman–Crippen LogP) is 0.506. The van der Waals surface area contributed by atoms with Crippen LogP contribution in [0.15, 0.2) is 22.2 Å². The van der Waals surface area contributed by atoms with Crippen LogP contribution >= 0.6 is 11.8 Å². The lowest BCUT2D eigenvalue weighted by atomic mass is 10.4. The predicted molar refractivity (Wildman–Crippen MR) is 61.1 cm³/mol. The molecular weight excluding hydrogens is 224 g/mol. The second-order valence-corrected chi connectivity index (χ2v) is 4.68. The molecule has 1 atom stereocenters. The van der Waals surface area contributed by atoms with E-state index < -0.39 is 0 Å². The minimum Gasteiger partial charge on any atom is -0.301 e. The summed E-state index contributed by atoms with van der Waals surface area (Å²) < 4.78 is 0. The van der Waals surface area contributed by atoms with Crippen LogP contribution < -0.4 is 10.9 Å². The van der Waals surface area contributed by atoms with Crippen LogP contribution in [-0.4, -0.2) is 27.8 Å². The SMILES string of the molecule is N#CC(CSc1nccc(=O)[nH]1)NC1CC1. The molecule has 6 heteroatoms. The first-order valence-corrected chi connectivity index (χ1v) is 6.10. The fraction of sp³-hybridized carbons (Fsp3) is 0.500. The van der Waals surface area contributed by atoms with Crippen molar-refractivity contribution in [2.45, 2.75) is 30.1 Å². The molecular formula is C10H12N4OS. The number of nitriles is 1. The Kier molecular flexibility index (Phi) is 3.59. The van der Waals surface area contributed by atoms with Gasteiger partial charge in [-0.05, 0) is 12.8 Å². The number of H-pyrrole nitrogens is 1. The number of nitrogens with zero attached hydrogens (tertiary/aromatic N) is 2. The Morgan fingerprint density at radius 1 is 1.75 bits per heavy atom. The molecule has 1 heterocycles. The maximum Gasteiger partial charge on any atom is 0.251 e. The van der Waals surface area contributed by atoms with Crippen LogP contribution in [0.25, 0.3) is 0 Å². The molecule has 2 N–H and O–H groups in total. The molecule has 0 spiro atoms. The van der Waals surface area contributed by atoms with E-state index in [1.165, 1.54) is 24.0 Å². The first-order chi connectivity index (χ1) is 7.78. The van der Waals surface area contributed by atoms with Gasteiger partial charge in [0.15, 0.2) is 5.16 Å². The molecule has 5 nitrogen and oxygen atoms in total. The van der Waals surface area contributed by atoms with Crippen molar-refractivity contribution < 1.29 is 0 Å². The minimum atomic E-state index is -0.178. The second kappa shape index (κ2) is 5.14. The Morgan fingerprint density at radius 2 is 2.56 bits per heavy atom. The van der Waals surface area contributed by atoms with Gasteiger partial charge in [0, 0.05) is 24.1 Å². The van der Waals surface area contributed by atoms with Gasteiger partial charge in [-0.15, -0.1) is 0 Å². The molecule has 0 amide bonds. The van der Waals surface area contributed by atoms with E-state index in [0.717, 1.165) is 12.8 Å². The highest BCUT2D eigenvalue weighted by atomic mass is 32.2. The topological polar surface area (TPSA) is 81.6 Å². The smallest absolute Gasteiger partial charge is 0.251 e. The van der Waals surface area contributed by atoms with Crippen molar-refractivity contribution in [3.8, 4) is 6.07 Å². The van der Waals surface area contributed by atoms with E-state index in [0.29, 0.717) is 17.0 Å². The molecule has 16 heavy (non-hydrogen) atoms. The van der Waals surface area contributed by atoms with Gasteiger partial charge in [0.2, 0.25) is 0 Å². The summed E-state index contributed by atoms with van der Waals surface area (Å²) >= 11 is 1.39. The lowest BCUT2D eigenvalue weighted by molar-refractivity contribution is 0.643. The van der Waals surface area contributed by atoms with Gasteiger partial charge >= 0.3 is 0 Å². The van der Waals surface area contributed by atoms with Gasteiger partial charge in [-0.25, -0.2) is 4.98 Å². The first kappa shape index (κ1) is 11.2. The van der Waals surface area contributed by atoms with Gasteiger partial charge < -0.3 is 4.98 Å². The van der Waals surface area contributed by atoms with Crippen molar-refractivity contribution in [3.63, 3.8) is 0 Å². The van der Waals surface area contributed by atoms with Gasteiger partial charge in [-0.1, -0.05) is 11.8 Å². The standard InChI is InChI=1S/C10H12N4OS/c11-5-8(13-7-1-2-7)6-16-10-12-4-3-9(15)14-10/h3-4,7-8,13H,1-2,6H2,(H,12,14,15). The van der Waals surface area contributed by atoms with Crippen LogP contribution in [0.2, 0.25) is 0 Å². The van der Waals surface area contributed by atoms with Gasteiger partial charge in [-0.2, -0.15) is 5.26 Å². The van der Waals surface area contributed by atoms with Crippen molar-refractivity contribution >= 4 is 11.8 Å². The van der Waals surface area contributed by atoms with E-state index in [2.05, 4.69) is 21.4 Å². The Bertz CT molecular complexity index is 449. The fourth-order valence-electron chi connectivity index (χ4n) is 1.24. The molecule has 1 aliphatic rings. The molecule has 0 aromatic carbocycles. The van der Waals surface area contributed by atoms with E-state index in [9.17, 15) is 4.79 Å². The molecule has 0 saturated heterocycles. The second-order valence-electron chi connectivity index (χ2n) is 3.67. The number of aromatic nitrogens is 2. The van der Waals surface area contributed by atoms with Crippen LogP contribution in [0.1, 0.15) is 12.8 Å². The molecule has 1 aliphatic carbocycles. The molecule has 2 rings (SSSR count). The number of hydrogen-bond acceptors (Lipinski definition) is 5. The molecule has 1 fully saturated rings. The van der Waals surface area contributed by atoms with E-state index in [1.807, 2.05) is 0 Å². The van der Waals surface area contributed by atoms with Crippen LogP contribution in [0.5, 0.6) is 0 Å². The average Bonchev–Trinajstić information content (AvgIpc) is 3.08. The Hall–Kier alpha value is -1.32. The molecule has 1 aromatic heterocycles. The molecule has 0 aliphatic heterocycles. The zero-order valence-electron chi connectivity index (χ0n) is 8.64. The summed E-state index contributed by atoms with van der Waals surface area (Å²) in [7, 11) is 0. The Balaban J connectivity index is 1.85. The fourth-order valence-corrected chi connectivity index (χ4v) is 2.05. The van der Waals surface area contributed by atoms with Gasteiger partial charge in [0.25, 0.3) is 5.56 Å². The van der Waals surface area contributed by atoms with Crippen molar-refractivity contribution in [2.24, 2.45) is 0 Å². The highest BCUT2D eigenvalue weighted by Gasteiger charge is 2.24. The number of hydrogen-bond donors (Lipinski definition) is 2. The summed E-state index contributed by atoms with van der Waals surface area (Å²) in [6, 6.07) is 3.91. The summed E-state index contributed by atoms with van der Waals surface area (Å²) in [5.41, 5.74) is -0.166. The van der Waals surface area contributed by atoms with Crippen molar-refractivity contribution in [1.29, 1.82) is 5.26 Å². The zero-order chi connectivity index (χ0) is 11.4. The molecule has 1 unspecified atom stereocenters. The van der Waals surface area contributed by atoms with Crippen molar-refractivity contribution in [2.75, 3.05) is 5.75 Å². The van der Waals surface area contributed by atoms with Crippen LogP contribution in [0.3, 0.4) is 0 Å². The van der Waals surface area contributed by atoms with Crippen molar-refractivity contribution in [1.82, 2.24) is 15.3 Å². The van der Waals surface area contributed by atoms with Crippen LogP contribution in [0, 0.1) is 11.3 Å².